The zero-order valence-corrected chi connectivity index (χ0v) is 17.2. The van der Waals surface area contributed by atoms with E-state index in [9.17, 15) is 13.2 Å². The van der Waals surface area contributed by atoms with Crippen molar-refractivity contribution < 1.29 is 22.7 Å². The number of amides is 1. The topological polar surface area (TPSA) is 84.9 Å². The first-order valence-corrected chi connectivity index (χ1v) is 11.2. The molecule has 1 aliphatic heterocycles. The summed E-state index contributed by atoms with van der Waals surface area (Å²) in [5.41, 5.74) is 0.907. The molecule has 0 spiro atoms. The fourth-order valence-corrected chi connectivity index (χ4v) is 4.31. The summed E-state index contributed by atoms with van der Waals surface area (Å²) in [6.07, 6.45) is 1.41. The molecule has 1 aliphatic rings. The second-order valence-electron chi connectivity index (χ2n) is 6.46. The molecule has 152 valence electrons. The molecule has 0 unspecified atom stereocenters. The maximum atomic E-state index is 12.5. The van der Waals surface area contributed by atoms with Crippen molar-refractivity contribution in [1.82, 2.24) is 9.62 Å². The number of nitrogens with one attached hydrogen (secondary N) is 1. The van der Waals surface area contributed by atoms with Crippen molar-refractivity contribution >= 4 is 15.9 Å². The van der Waals surface area contributed by atoms with Gasteiger partial charge in [-0.15, -0.1) is 0 Å². The van der Waals surface area contributed by atoms with Crippen molar-refractivity contribution in [2.24, 2.45) is 5.92 Å². The fraction of sp³-hybridized carbons (Fsp3) is 0.632. The SMILES string of the molecule is CCOc1ccc(CNC(=O)[C@@H]2CCCN(S(=O)(=O)CC)C2)cc1OCC. The lowest BCUT2D eigenvalue weighted by atomic mass is 9.98. The van der Waals surface area contributed by atoms with Crippen LogP contribution in [0.15, 0.2) is 18.2 Å². The number of sulfonamides is 1. The van der Waals surface area contributed by atoms with Gasteiger partial charge in [0.25, 0.3) is 0 Å². The number of hydrogen-bond acceptors (Lipinski definition) is 5. The first kappa shape index (κ1) is 21.5. The monoisotopic (exact) mass is 398 g/mol. The molecule has 1 aromatic rings. The molecular weight excluding hydrogens is 368 g/mol. The van der Waals surface area contributed by atoms with E-state index in [4.69, 9.17) is 9.47 Å². The van der Waals surface area contributed by atoms with E-state index in [1.54, 1.807) is 6.92 Å². The zero-order chi connectivity index (χ0) is 19.9. The quantitative estimate of drug-likeness (QED) is 0.689. The number of nitrogens with zero attached hydrogens (tertiary/aromatic N) is 1. The van der Waals surface area contributed by atoms with Crippen LogP contribution in [-0.4, -0.2) is 50.7 Å². The van der Waals surface area contributed by atoms with Crippen molar-refractivity contribution in [2.45, 2.75) is 40.2 Å². The van der Waals surface area contributed by atoms with Gasteiger partial charge < -0.3 is 14.8 Å². The zero-order valence-electron chi connectivity index (χ0n) is 16.4. The summed E-state index contributed by atoms with van der Waals surface area (Å²) < 4.78 is 36.7. The van der Waals surface area contributed by atoms with Gasteiger partial charge in [0.05, 0.1) is 24.9 Å². The summed E-state index contributed by atoms with van der Waals surface area (Å²) in [5.74, 6) is 0.978. The van der Waals surface area contributed by atoms with Gasteiger partial charge in [-0.05, 0) is 51.3 Å². The van der Waals surface area contributed by atoms with Crippen molar-refractivity contribution in [3.05, 3.63) is 23.8 Å². The third-order valence-electron chi connectivity index (χ3n) is 4.59. The second kappa shape index (κ2) is 9.94. The molecule has 1 atom stereocenters. The Bertz CT molecular complexity index is 736. The highest BCUT2D eigenvalue weighted by molar-refractivity contribution is 7.89. The maximum absolute atomic E-state index is 12.5. The van der Waals surface area contributed by atoms with Gasteiger partial charge in [0, 0.05) is 19.6 Å². The molecule has 1 heterocycles. The molecule has 2 rings (SSSR count). The number of carbonyl (C=O) groups is 1. The van der Waals surface area contributed by atoms with Gasteiger partial charge >= 0.3 is 0 Å². The Labute approximate surface area is 162 Å². The Morgan fingerprint density at radius 2 is 1.89 bits per heavy atom. The Hall–Kier alpha value is -1.80. The molecule has 0 aliphatic carbocycles. The third-order valence-corrected chi connectivity index (χ3v) is 6.44. The predicted octanol–water partition coefficient (Wildman–Crippen LogP) is 2.16. The lowest BCUT2D eigenvalue weighted by Crippen LogP contribution is -2.45. The van der Waals surface area contributed by atoms with Crippen molar-refractivity contribution in [3.8, 4) is 11.5 Å². The van der Waals surface area contributed by atoms with Crippen LogP contribution in [0.3, 0.4) is 0 Å². The highest BCUT2D eigenvalue weighted by Crippen LogP contribution is 2.28. The van der Waals surface area contributed by atoms with Crippen LogP contribution in [0.2, 0.25) is 0 Å². The smallest absolute Gasteiger partial charge is 0.224 e. The second-order valence-corrected chi connectivity index (χ2v) is 8.72. The summed E-state index contributed by atoms with van der Waals surface area (Å²) in [6, 6.07) is 5.60. The van der Waals surface area contributed by atoms with Gasteiger partial charge in [-0.25, -0.2) is 12.7 Å². The van der Waals surface area contributed by atoms with Crippen LogP contribution in [0.1, 0.15) is 39.2 Å². The van der Waals surface area contributed by atoms with Crippen LogP contribution in [0.4, 0.5) is 0 Å². The summed E-state index contributed by atoms with van der Waals surface area (Å²) in [5, 5.41) is 2.92. The number of carbonyl (C=O) groups excluding carboxylic acids is 1. The number of ether oxygens (including phenoxy) is 2. The minimum absolute atomic E-state index is 0.0632. The molecule has 27 heavy (non-hydrogen) atoms. The Kier molecular flexibility index (Phi) is 7.91. The van der Waals surface area contributed by atoms with Crippen molar-refractivity contribution in [2.75, 3.05) is 32.1 Å². The number of rotatable bonds is 9. The molecule has 1 fully saturated rings. The number of hydrogen-bond donors (Lipinski definition) is 1. The molecule has 1 amide bonds. The molecular formula is C19H30N2O5S. The van der Waals surface area contributed by atoms with Gasteiger partial charge in [0.2, 0.25) is 15.9 Å². The van der Waals surface area contributed by atoms with Crippen LogP contribution in [0.5, 0.6) is 11.5 Å². The van der Waals surface area contributed by atoms with Gasteiger partial charge in [-0.3, -0.25) is 4.79 Å². The fourth-order valence-electron chi connectivity index (χ4n) is 3.13. The Morgan fingerprint density at radius 3 is 2.56 bits per heavy atom. The Balaban J connectivity index is 1.97. The van der Waals surface area contributed by atoms with Crippen LogP contribution >= 0.6 is 0 Å². The number of piperidine rings is 1. The summed E-state index contributed by atoms with van der Waals surface area (Å²) in [6.45, 7) is 7.64. The number of benzene rings is 1. The van der Waals surface area contributed by atoms with Crippen LogP contribution < -0.4 is 14.8 Å². The van der Waals surface area contributed by atoms with E-state index in [1.807, 2.05) is 32.0 Å². The molecule has 7 nitrogen and oxygen atoms in total. The Morgan fingerprint density at radius 1 is 1.19 bits per heavy atom. The van der Waals surface area contributed by atoms with Gasteiger partial charge in [-0.1, -0.05) is 6.07 Å². The van der Waals surface area contributed by atoms with E-state index in [2.05, 4.69) is 5.32 Å². The minimum atomic E-state index is -3.25. The predicted molar refractivity (Wildman–Crippen MR) is 104 cm³/mol. The molecule has 0 radical (unpaired) electrons. The van der Waals surface area contributed by atoms with Crippen LogP contribution in [-0.2, 0) is 21.4 Å². The average molecular weight is 399 g/mol. The first-order valence-electron chi connectivity index (χ1n) is 9.55. The third kappa shape index (κ3) is 5.84. The standard InChI is InChI=1S/C19H30N2O5S/c1-4-25-17-10-9-15(12-18(17)26-5-2)13-20-19(22)16-8-7-11-21(14-16)27(23,24)6-3/h9-10,12,16H,4-8,11,13-14H2,1-3H3,(H,20,22)/t16-/m1/s1. The van der Waals surface area contributed by atoms with Crippen LogP contribution in [0.25, 0.3) is 0 Å². The first-order chi connectivity index (χ1) is 12.9. The van der Waals surface area contributed by atoms with E-state index in [0.29, 0.717) is 50.6 Å². The summed E-state index contributed by atoms with van der Waals surface area (Å²) in [4.78, 5) is 12.5. The van der Waals surface area contributed by atoms with E-state index < -0.39 is 10.0 Å². The molecule has 8 heteroatoms. The van der Waals surface area contributed by atoms with Crippen molar-refractivity contribution in [3.63, 3.8) is 0 Å². The lowest BCUT2D eigenvalue weighted by Gasteiger charge is -2.30. The molecule has 0 saturated carbocycles. The average Bonchev–Trinajstić information content (AvgIpc) is 2.68. The van der Waals surface area contributed by atoms with Gasteiger partial charge in [0.1, 0.15) is 0 Å². The molecule has 1 saturated heterocycles. The highest BCUT2D eigenvalue weighted by atomic mass is 32.2. The highest BCUT2D eigenvalue weighted by Gasteiger charge is 2.31. The molecule has 0 aromatic heterocycles. The molecule has 0 bridgehead atoms. The minimum Gasteiger partial charge on any atom is -0.490 e. The van der Waals surface area contributed by atoms with Gasteiger partial charge in [-0.2, -0.15) is 0 Å². The maximum Gasteiger partial charge on any atom is 0.224 e. The molecule has 1 aromatic carbocycles. The van der Waals surface area contributed by atoms with E-state index in [1.165, 1.54) is 4.31 Å². The van der Waals surface area contributed by atoms with Crippen LogP contribution in [0, 0.1) is 5.92 Å². The lowest BCUT2D eigenvalue weighted by molar-refractivity contribution is -0.126. The largest absolute Gasteiger partial charge is 0.490 e. The van der Waals surface area contributed by atoms with Crippen molar-refractivity contribution in [1.29, 1.82) is 0 Å². The normalized spacial score (nSPS) is 18.1. The summed E-state index contributed by atoms with van der Waals surface area (Å²) in [7, 11) is -3.25. The van der Waals surface area contributed by atoms with Gasteiger partial charge in [0.15, 0.2) is 11.5 Å². The van der Waals surface area contributed by atoms with E-state index in [0.717, 1.165) is 5.56 Å². The van der Waals surface area contributed by atoms with E-state index in [-0.39, 0.29) is 24.1 Å². The molecule has 1 N–H and O–H groups in total. The summed E-state index contributed by atoms with van der Waals surface area (Å²) >= 11 is 0. The van der Waals surface area contributed by atoms with E-state index >= 15 is 0 Å².